The van der Waals surface area contributed by atoms with Gasteiger partial charge in [0.15, 0.2) is 0 Å². The average molecular weight is 335 g/mol. The first kappa shape index (κ1) is 16.3. The number of carbonyl (C=O) groups excluding carboxylic acids is 2. The molecule has 3 aliphatic rings. The minimum atomic E-state index is -0.216. The van der Waals surface area contributed by atoms with Crippen LogP contribution in [0.15, 0.2) is 41.5 Å². The Morgan fingerprint density at radius 2 is 1.56 bits per heavy atom. The molecule has 1 heterocycles. The third-order valence-electron chi connectivity index (χ3n) is 6.11. The molecule has 2 bridgehead atoms. The van der Waals surface area contributed by atoms with Gasteiger partial charge in [0.05, 0.1) is 17.5 Å². The molecule has 3 nitrogen and oxygen atoms in total. The van der Waals surface area contributed by atoms with Crippen LogP contribution < -0.4 is 4.90 Å². The molecule has 0 aromatic heterocycles. The van der Waals surface area contributed by atoms with Crippen LogP contribution in [-0.2, 0) is 9.59 Å². The van der Waals surface area contributed by atoms with Gasteiger partial charge in [-0.1, -0.05) is 55.3 Å². The third kappa shape index (κ3) is 2.04. The molecule has 1 aromatic rings. The molecular formula is C22H25NO2. The fraction of sp³-hybridized carbons (Fsp3) is 0.455. The summed E-state index contributed by atoms with van der Waals surface area (Å²) in [5.74, 6) is 0.0164. The van der Waals surface area contributed by atoms with Gasteiger partial charge in [0.25, 0.3) is 0 Å². The highest BCUT2D eigenvalue weighted by Gasteiger charge is 2.62. The number of allylic oxidation sites excluding steroid dienone is 4. The van der Waals surface area contributed by atoms with Crippen LogP contribution in [0.4, 0.5) is 5.69 Å². The molecular weight excluding hydrogens is 310 g/mol. The van der Waals surface area contributed by atoms with Crippen LogP contribution >= 0.6 is 0 Å². The summed E-state index contributed by atoms with van der Waals surface area (Å²) >= 11 is 0. The normalized spacial score (nSPS) is 30.0. The van der Waals surface area contributed by atoms with Crippen molar-refractivity contribution >= 4 is 17.5 Å². The van der Waals surface area contributed by atoms with Crippen molar-refractivity contribution in [2.75, 3.05) is 4.90 Å². The van der Waals surface area contributed by atoms with E-state index < -0.39 is 0 Å². The summed E-state index contributed by atoms with van der Waals surface area (Å²) in [7, 11) is 0. The highest BCUT2D eigenvalue weighted by atomic mass is 16.2. The topological polar surface area (TPSA) is 37.4 Å². The molecule has 1 aliphatic heterocycles. The summed E-state index contributed by atoms with van der Waals surface area (Å²) in [5.41, 5.74) is 5.44. The quantitative estimate of drug-likeness (QED) is 0.594. The van der Waals surface area contributed by atoms with Gasteiger partial charge in [-0.3, -0.25) is 9.59 Å². The lowest BCUT2D eigenvalue weighted by Crippen LogP contribution is -2.34. The summed E-state index contributed by atoms with van der Waals surface area (Å²) in [5, 5.41) is 0. The van der Waals surface area contributed by atoms with Crippen molar-refractivity contribution < 1.29 is 9.59 Å². The zero-order valence-corrected chi connectivity index (χ0v) is 15.5. The maximum Gasteiger partial charge on any atom is 0.238 e. The number of amides is 2. The van der Waals surface area contributed by atoms with E-state index in [0.717, 1.165) is 16.8 Å². The number of hydrogen-bond acceptors (Lipinski definition) is 2. The van der Waals surface area contributed by atoms with E-state index in [1.807, 2.05) is 25.1 Å². The van der Waals surface area contributed by atoms with E-state index in [4.69, 9.17) is 0 Å². The van der Waals surface area contributed by atoms with Crippen molar-refractivity contribution in [1.29, 1.82) is 0 Å². The van der Waals surface area contributed by atoms with Crippen molar-refractivity contribution in [2.45, 2.75) is 40.5 Å². The third-order valence-corrected chi connectivity index (χ3v) is 6.11. The second-order valence-corrected chi connectivity index (χ2v) is 8.12. The Morgan fingerprint density at radius 1 is 1.00 bits per heavy atom. The number of imide groups is 1. The molecule has 0 N–H and O–H groups in total. The molecule has 1 saturated carbocycles. The van der Waals surface area contributed by atoms with Crippen LogP contribution in [-0.4, -0.2) is 11.8 Å². The largest absolute Gasteiger partial charge is 0.274 e. The van der Waals surface area contributed by atoms with Gasteiger partial charge < -0.3 is 0 Å². The van der Waals surface area contributed by atoms with Crippen LogP contribution in [0.25, 0.3) is 0 Å². The molecule has 1 aromatic carbocycles. The maximum absolute atomic E-state index is 13.3. The van der Waals surface area contributed by atoms with Crippen LogP contribution in [0.3, 0.4) is 0 Å². The number of aryl methyl sites for hydroxylation is 1. The second-order valence-electron chi connectivity index (χ2n) is 8.12. The number of para-hydroxylation sites is 1. The van der Waals surface area contributed by atoms with E-state index in [9.17, 15) is 9.59 Å². The first-order valence-corrected chi connectivity index (χ1v) is 9.17. The van der Waals surface area contributed by atoms with E-state index in [1.165, 1.54) is 16.0 Å². The van der Waals surface area contributed by atoms with Crippen LogP contribution in [0.2, 0.25) is 0 Å². The van der Waals surface area contributed by atoms with Gasteiger partial charge in [-0.15, -0.1) is 0 Å². The lowest BCUT2D eigenvalue weighted by molar-refractivity contribution is -0.123. The fourth-order valence-corrected chi connectivity index (χ4v) is 5.10. The number of fused-ring (bicyclic) bond motifs is 5. The predicted molar refractivity (Wildman–Crippen MR) is 99.2 cm³/mol. The second kappa shape index (κ2) is 5.42. The molecule has 0 radical (unpaired) electrons. The first-order valence-electron chi connectivity index (χ1n) is 9.17. The van der Waals surface area contributed by atoms with Crippen molar-refractivity contribution in [3.8, 4) is 0 Å². The van der Waals surface area contributed by atoms with Gasteiger partial charge in [-0.05, 0) is 37.8 Å². The number of nitrogens with zero attached hydrogens (tertiary/aromatic N) is 1. The van der Waals surface area contributed by atoms with Gasteiger partial charge in [0, 0.05) is 11.8 Å². The molecule has 25 heavy (non-hydrogen) atoms. The van der Waals surface area contributed by atoms with E-state index in [-0.39, 0.29) is 41.4 Å². The Morgan fingerprint density at radius 3 is 2.04 bits per heavy atom. The summed E-state index contributed by atoms with van der Waals surface area (Å²) in [6.45, 7) is 10.4. The molecule has 2 amide bonds. The van der Waals surface area contributed by atoms with Crippen molar-refractivity contribution in [2.24, 2.45) is 23.7 Å². The van der Waals surface area contributed by atoms with Crippen LogP contribution in [0.1, 0.15) is 44.7 Å². The first-order chi connectivity index (χ1) is 11.8. The number of benzene rings is 1. The number of carbonyl (C=O) groups is 2. The molecule has 0 unspecified atom stereocenters. The summed E-state index contributed by atoms with van der Waals surface area (Å²) in [6.07, 6.45) is 4.29. The lowest BCUT2D eigenvalue weighted by atomic mass is 9.85. The van der Waals surface area contributed by atoms with Gasteiger partial charge in [0.2, 0.25) is 11.8 Å². The minimum Gasteiger partial charge on any atom is -0.274 e. The molecule has 3 heteroatoms. The molecule has 4 rings (SSSR count). The molecule has 2 aliphatic carbocycles. The van der Waals surface area contributed by atoms with Gasteiger partial charge in [0.1, 0.15) is 0 Å². The standard InChI is InChI=1S/C22H25NO2/c1-11(2)14-8-6-7-13(5)20(14)23-21(24)18-15-9-10-16(17(15)12(3)4)19(18)22(23)25/h6-11,15-16,18-19H,1-5H3/t15-,16-,18+,19+/m1/s1. The van der Waals surface area contributed by atoms with Gasteiger partial charge in [-0.25, -0.2) is 4.90 Å². The van der Waals surface area contributed by atoms with E-state index in [1.54, 1.807) is 0 Å². The lowest BCUT2D eigenvalue weighted by Gasteiger charge is -2.25. The van der Waals surface area contributed by atoms with Gasteiger partial charge in [-0.2, -0.15) is 0 Å². The van der Waals surface area contributed by atoms with Gasteiger partial charge >= 0.3 is 0 Å². The monoisotopic (exact) mass is 335 g/mol. The fourth-order valence-electron chi connectivity index (χ4n) is 5.10. The van der Waals surface area contributed by atoms with E-state index in [0.29, 0.717) is 0 Å². The number of hydrogen-bond donors (Lipinski definition) is 0. The highest BCUT2D eigenvalue weighted by Crippen LogP contribution is 2.57. The Bertz CT molecular complexity index is 808. The Hall–Kier alpha value is -2.16. The summed E-state index contributed by atoms with van der Waals surface area (Å²) in [4.78, 5) is 28.2. The molecule has 4 atom stereocenters. The SMILES string of the molecule is CC(C)=C1[C@H]2C=C[C@H]1[C@@H]1C(=O)N(c3c(C)cccc3C(C)C)C(=O)[C@H]12. The average Bonchev–Trinajstić information content (AvgIpc) is 3.18. The summed E-state index contributed by atoms with van der Waals surface area (Å²) in [6, 6.07) is 6.03. The van der Waals surface area contributed by atoms with Crippen molar-refractivity contribution in [3.63, 3.8) is 0 Å². The number of rotatable bonds is 2. The Labute approximate surface area is 149 Å². The number of anilines is 1. The van der Waals surface area contributed by atoms with Crippen molar-refractivity contribution in [3.05, 3.63) is 52.6 Å². The zero-order chi connectivity index (χ0) is 18.0. The maximum atomic E-state index is 13.3. The smallest absolute Gasteiger partial charge is 0.238 e. The highest BCUT2D eigenvalue weighted by molar-refractivity contribution is 6.24. The molecule has 0 spiro atoms. The molecule has 2 fully saturated rings. The minimum absolute atomic E-state index is 0.0122. The predicted octanol–water partition coefficient (Wildman–Crippen LogP) is 4.38. The van der Waals surface area contributed by atoms with Crippen LogP contribution in [0.5, 0.6) is 0 Å². The Kier molecular flexibility index (Phi) is 3.54. The summed E-state index contributed by atoms with van der Waals surface area (Å²) < 4.78 is 0. The van der Waals surface area contributed by atoms with E-state index >= 15 is 0 Å². The Balaban J connectivity index is 1.83. The molecule has 1 saturated heterocycles. The van der Waals surface area contributed by atoms with Crippen molar-refractivity contribution in [1.82, 2.24) is 0 Å². The molecule has 130 valence electrons. The van der Waals surface area contributed by atoms with Crippen LogP contribution in [0, 0.1) is 30.6 Å². The zero-order valence-electron chi connectivity index (χ0n) is 15.5. The van der Waals surface area contributed by atoms with E-state index in [2.05, 4.69) is 39.8 Å².